The quantitative estimate of drug-likeness (QED) is 0.690. The Balaban J connectivity index is 1.83. The third-order valence-electron chi connectivity index (χ3n) is 6.91. The summed E-state index contributed by atoms with van der Waals surface area (Å²) in [6.07, 6.45) is 13.0. The molecule has 0 unspecified atom stereocenters. The van der Waals surface area contributed by atoms with Crippen molar-refractivity contribution in [3.8, 4) is 0 Å². The highest BCUT2D eigenvalue weighted by Crippen LogP contribution is 2.40. The predicted molar refractivity (Wildman–Crippen MR) is 89.9 cm³/mol. The van der Waals surface area contributed by atoms with Gasteiger partial charge in [-0.3, -0.25) is 0 Å². The highest BCUT2D eigenvalue weighted by atomic mass is 14.3. The average molecular weight is 286 g/mol. The van der Waals surface area contributed by atoms with Crippen LogP contribution in [0.25, 0.3) is 0 Å². The Labute approximate surface area is 132 Å². The first-order valence-corrected chi connectivity index (χ1v) is 9.19. The Kier molecular flexibility index (Phi) is 2.19. The smallest absolute Gasteiger partial charge is 0.0232 e. The van der Waals surface area contributed by atoms with Crippen molar-refractivity contribution >= 4 is 0 Å². The second kappa shape index (κ2) is 4.04. The zero-order valence-corrected chi connectivity index (χ0v) is 13.2. The van der Waals surface area contributed by atoms with Gasteiger partial charge in [-0.2, -0.15) is 0 Å². The van der Waals surface area contributed by atoms with Gasteiger partial charge in [0, 0.05) is 0 Å². The molecule has 0 radical (unpaired) electrons. The molecule has 0 atom stereocenters. The third-order valence-corrected chi connectivity index (χ3v) is 6.91. The SMILES string of the molecule is c1c2c3c4c5c1CCc1cc(c(c(c1CC5)CC4)CC3)CC2. The van der Waals surface area contributed by atoms with Gasteiger partial charge in [0.15, 0.2) is 0 Å². The number of aryl methyl sites for hydroxylation is 4. The molecule has 0 heteroatoms. The molecule has 0 saturated carbocycles. The van der Waals surface area contributed by atoms with E-state index in [0.717, 1.165) is 0 Å². The largest absolute Gasteiger partial charge is 0.0552 e. The van der Waals surface area contributed by atoms with Gasteiger partial charge in [0.1, 0.15) is 0 Å². The van der Waals surface area contributed by atoms with Crippen LogP contribution in [0.5, 0.6) is 0 Å². The second-order valence-corrected chi connectivity index (χ2v) is 7.76. The van der Waals surface area contributed by atoms with Gasteiger partial charge in [-0.15, -0.1) is 0 Å². The molecule has 0 amide bonds. The summed E-state index contributed by atoms with van der Waals surface area (Å²) in [5.74, 6) is 0. The molecule has 22 heavy (non-hydrogen) atoms. The molecule has 0 nitrogen and oxygen atoms in total. The highest BCUT2D eigenvalue weighted by Gasteiger charge is 2.29. The maximum atomic E-state index is 2.62. The summed E-state index contributed by atoms with van der Waals surface area (Å²) in [5, 5.41) is 0. The number of fused-ring (bicyclic) bond motifs is 3. The molecule has 0 fully saturated rings. The van der Waals surface area contributed by atoms with Crippen LogP contribution in [0.2, 0.25) is 0 Å². The third kappa shape index (κ3) is 1.39. The van der Waals surface area contributed by atoms with E-state index in [1.54, 1.807) is 55.6 Å². The van der Waals surface area contributed by atoms with Crippen LogP contribution in [0.3, 0.4) is 0 Å². The Bertz CT molecular complexity index is 706. The Morgan fingerprint density at radius 1 is 0.318 bits per heavy atom. The summed E-state index contributed by atoms with van der Waals surface area (Å²) in [6.45, 7) is 0. The van der Waals surface area contributed by atoms with E-state index >= 15 is 0 Å². The topological polar surface area (TPSA) is 0 Å². The van der Waals surface area contributed by atoms with Crippen molar-refractivity contribution in [1.82, 2.24) is 0 Å². The van der Waals surface area contributed by atoms with E-state index in [4.69, 9.17) is 0 Å². The normalized spacial score (nSPS) is 19.8. The number of rotatable bonds is 0. The molecule has 2 aromatic carbocycles. The zero-order valence-electron chi connectivity index (χ0n) is 13.2. The fourth-order valence-electron chi connectivity index (χ4n) is 5.94. The minimum absolute atomic E-state index is 1.28. The minimum atomic E-state index is 1.28. The summed E-state index contributed by atoms with van der Waals surface area (Å²) in [4.78, 5) is 0. The van der Waals surface area contributed by atoms with Crippen molar-refractivity contribution in [2.75, 3.05) is 0 Å². The van der Waals surface area contributed by atoms with Crippen molar-refractivity contribution in [2.45, 2.75) is 64.2 Å². The van der Waals surface area contributed by atoms with Crippen molar-refractivity contribution in [3.63, 3.8) is 0 Å². The van der Waals surface area contributed by atoms with Gasteiger partial charge in [0.05, 0.1) is 0 Å². The van der Waals surface area contributed by atoms with Crippen LogP contribution in [0.4, 0.5) is 0 Å². The summed E-state index contributed by atoms with van der Waals surface area (Å²) in [6, 6.07) is 5.25. The molecule has 110 valence electrons. The summed E-state index contributed by atoms with van der Waals surface area (Å²) < 4.78 is 0. The maximum absolute atomic E-state index is 2.62. The standard InChI is InChI=1S/C22H22/c1-2-14-12-16-4-3-15-11-13(1)17-5-6-18(14)22-10-9-21(17)19(15)7-8-20(16)22/h11-12H,1-10H2. The van der Waals surface area contributed by atoms with E-state index in [9.17, 15) is 0 Å². The summed E-state index contributed by atoms with van der Waals surface area (Å²) >= 11 is 0. The second-order valence-electron chi connectivity index (χ2n) is 7.76. The van der Waals surface area contributed by atoms with Gasteiger partial charge in [-0.1, -0.05) is 12.1 Å². The lowest BCUT2D eigenvalue weighted by Crippen LogP contribution is -2.24. The van der Waals surface area contributed by atoms with Gasteiger partial charge in [0.2, 0.25) is 0 Å². The van der Waals surface area contributed by atoms with Crippen LogP contribution in [-0.2, 0) is 64.2 Å². The molecule has 4 aliphatic rings. The lowest BCUT2D eigenvalue weighted by molar-refractivity contribution is 0.707. The molecule has 0 aliphatic heterocycles. The minimum Gasteiger partial charge on any atom is -0.0552 e. The molecule has 0 N–H and O–H groups in total. The van der Waals surface area contributed by atoms with Crippen LogP contribution < -0.4 is 0 Å². The highest BCUT2D eigenvalue weighted by molar-refractivity contribution is 5.57. The van der Waals surface area contributed by atoms with Gasteiger partial charge < -0.3 is 0 Å². The van der Waals surface area contributed by atoms with Crippen LogP contribution >= 0.6 is 0 Å². The first kappa shape index (κ1) is 11.9. The van der Waals surface area contributed by atoms with Crippen molar-refractivity contribution in [1.29, 1.82) is 0 Å². The average Bonchev–Trinajstić information content (AvgIpc) is 2.43. The van der Waals surface area contributed by atoms with Crippen molar-refractivity contribution in [2.24, 2.45) is 0 Å². The molecule has 2 aromatic rings. The van der Waals surface area contributed by atoms with Crippen LogP contribution in [0.1, 0.15) is 55.6 Å². The van der Waals surface area contributed by atoms with E-state index in [1.165, 1.54) is 64.2 Å². The predicted octanol–water partition coefficient (Wildman–Crippen LogP) is 3.87. The number of hydrogen-bond donors (Lipinski definition) is 0. The van der Waals surface area contributed by atoms with Crippen molar-refractivity contribution in [3.05, 3.63) is 67.8 Å². The summed E-state index contributed by atoms with van der Waals surface area (Å²) in [7, 11) is 0. The van der Waals surface area contributed by atoms with E-state index in [-0.39, 0.29) is 0 Å². The molecule has 0 saturated heterocycles. The van der Waals surface area contributed by atoms with Gasteiger partial charge in [-0.05, 0) is 120 Å². The van der Waals surface area contributed by atoms with E-state index in [0.29, 0.717) is 0 Å². The van der Waals surface area contributed by atoms with E-state index < -0.39 is 0 Å². The van der Waals surface area contributed by atoms with Crippen LogP contribution in [-0.4, -0.2) is 0 Å². The number of hydrogen-bond acceptors (Lipinski definition) is 0. The summed E-state index contributed by atoms with van der Waals surface area (Å²) in [5.41, 5.74) is 17.5. The van der Waals surface area contributed by atoms with Gasteiger partial charge in [-0.25, -0.2) is 0 Å². The van der Waals surface area contributed by atoms with Crippen LogP contribution in [0, 0.1) is 0 Å². The zero-order chi connectivity index (χ0) is 14.3. The molecule has 6 bridgehead atoms. The molecule has 0 aromatic heterocycles. The fraction of sp³-hybridized carbons (Fsp3) is 0.455. The maximum Gasteiger partial charge on any atom is -0.0232 e. The molecule has 0 heterocycles. The first-order valence-electron chi connectivity index (χ1n) is 9.19. The monoisotopic (exact) mass is 286 g/mol. The molecule has 6 rings (SSSR count). The van der Waals surface area contributed by atoms with Gasteiger partial charge in [0.25, 0.3) is 0 Å². The molecular formula is C22H22. The Hall–Kier alpha value is -1.56. The molecular weight excluding hydrogens is 264 g/mol. The Morgan fingerprint density at radius 2 is 0.591 bits per heavy atom. The van der Waals surface area contributed by atoms with E-state index in [2.05, 4.69) is 12.1 Å². The Morgan fingerprint density at radius 3 is 0.909 bits per heavy atom. The first-order chi connectivity index (χ1) is 10.9. The fourth-order valence-corrected chi connectivity index (χ4v) is 5.94. The molecule has 0 spiro atoms. The van der Waals surface area contributed by atoms with Crippen LogP contribution in [0.15, 0.2) is 12.1 Å². The number of benzene rings is 2. The van der Waals surface area contributed by atoms with Gasteiger partial charge >= 0.3 is 0 Å². The lowest BCUT2D eigenvalue weighted by atomic mass is 9.70. The molecule has 4 aliphatic carbocycles. The van der Waals surface area contributed by atoms with E-state index in [1.807, 2.05) is 0 Å². The lowest BCUT2D eigenvalue weighted by Gasteiger charge is -2.35. The van der Waals surface area contributed by atoms with Crippen molar-refractivity contribution < 1.29 is 0 Å².